The van der Waals surface area contributed by atoms with E-state index < -0.39 is 0 Å². The van der Waals surface area contributed by atoms with E-state index in [4.69, 9.17) is 0 Å². The maximum absolute atomic E-state index is 3.26. The molecule has 1 heteroatoms. The van der Waals surface area contributed by atoms with Crippen molar-refractivity contribution in [2.75, 3.05) is 11.9 Å². The topological polar surface area (TPSA) is 3.24 Å². The zero-order valence-electron chi connectivity index (χ0n) is 9.49. The van der Waals surface area contributed by atoms with Gasteiger partial charge in [0, 0.05) is 24.2 Å². The molecule has 0 aliphatic carbocycles. The minimum atomic E-state index is 0.510. The molecule has 0 aliphatic heterocycles. The minimum absolute atomic E-state index is 0.510. The van der Waals surface area contributed by atoms with Gasteiger partial charge in [-0.25, -0.2) is 0 Å². The van der Waals surface area contributed by atoms with Crippen molar-refractivity contribution in [1.29, 1.82) is 0 Å². The predicted molar refractivity (Wildman–Crippen MR) is 66.3 cm³/mol. The molecule has 0 atom stereocenters. The van der Waals surface area contributed by atoms with Crippen molar-refractivity contribution in [3.05, 3.63) is 42.5 Å². The lowest BCUT2D eigenvalue weighted by atomic mass is 10.1. The maximum Gasteiger partial charge on any atom is 0.0445 e. The Morgan fingerprint density at radius 1 is 1.13 bits per heavy atom. The van der Waals surface area contributed by atoms with E-state index in [0.29, 0.717) is 6.04 Å². The normalized spacial score (nSPS) is 10.9. The van der Waals surface area contributed by atoms with E-state index in [9.17, 15) is 0 Å². The van der Waals surface area contributed by atoms with Gasteiger partial charge in [-0.15, -0.1) is 0 Å². The van der Waals surface area contributed by atoms with Crippen molar-refractivity contribution < 1.29 is 0 Å². The summed E-state index contributed by atoms with van der Waals surface area (Å²) >= 11 is 0. The van der Waals surface area contributed by atoms with Crippen LogP contribution in [0.25, 0.3) is 10.8 Å². The van der Waals surface area contributed by atoms with Crippen LogP contribution in [0.4, 0.5) is 5.69 Å². The molecule has 1 nitrogen and oxygen atoms in total. The second-order valence-electron chi connectivity index (χ2n) is 4.11. The van der Waals surface area contributed by atoms with Crippen LogP contribution in [0, 0.1) is 6.07 Å². The maximum atomic E-state index is 3.26. The van der Waals surface area contributed by atoms with Crippen LogP contribution in [-0.4, -0.2) is 13.1 Å². The van der Waals surface area contributed by atoms with Crippen LogP contribution in [0.5, 0.6) is 0 Å². The highest BCUT2D eigenvalue weighted by molar-refractivity contribution is 5.93. The summed E-state index contributed by atoms with van der Waals surface area (Å²) in [6.07, 6.45) is 0. The van der Waals surface area contributed by atoms with Crippen LogP contribution in [0.2, 0.25) is 0 Å². The van der Waals surface area contributed by atoms with E-state index in [2.05, 4.69) is 56.1 Å². The molecule has 0 aliphatic rings. The van der Waals surface area contributed by atoms with Crippen LogP contribution in [0.15, 0.2) is 36.4 Å². The molecule has 0 spiro atoms. The molecule has 0 saturated heterocycles. The lowest BCUT2D eigenvalue weighted by Gasteiger charge is -2.25. The number of hydrogen-bond acceptors (Lipinski definition) is 1. The highest BCUT2D eigenvalue weighted by Gasteiger charge is 2.07. The Labute approximate surface area is 91.3 Å². The van der Waals surface area contributed by atoms with E-state index in [-0.39, 0.29) is 0 Å². The van der Waals surface area contributed by atoms with Gasteiger partial charge in [0.15, 0.2) is 0 Å². The van der Waals surface area contributed by atoms with Crippen LogP contribution >= 0.6 is 0 Å². The summed E-state index contributed by atoms with van der Waals surface area (Å²) in [5, 5.41) is 2.46. The molecule has 2 aromatic rings. The molecule has 2 aromatic carbocycles. The summed E-state index contributed by atoms with van der Waals surface area (Å²) in [6, 6.07) is 16.3. The van der Waals surface area contributed by atoms with Gasteiger partial charge in [0.25, 0.3) is 0 Å². The molecule has 15 heavy (non-hydrogen) atoms. The SMILES string of the molecule is CC(C)N(C)c1cccc2[c]cccc12. The van der Waals surface area contributed by atoms with E-state index >= 15 is 0 Å². The molecule has 0 aromatic heterocycles. The lowest BCUT2D eigenvalue weighted by Crippen LogP contribution is -2.25. The van der Waals surface area contributed by atoms with Gasteiger partial charge in [-0.2, -0.15) is 0 Å². The summed E-state index contributed by atoms with van der Waals surface area (Å²) in [6.45, 7) is 4.40. The summed E-state index contributed by atoms with van der Waals surface area (Å²) in [5.41, 5.74) is 1.28. The summed E-state index contributed by atoms with van der Waals surface area (Å²) in [4.78, 5) is 2.29. The van der Waals surface area contributed by atoms with Crippen LogP contribution in [-0.2, 0) is 0 Å². The lowest BCUT2D eigenvalue weighted by molar-refractivity contribution is 0.757. The van der Waals surface area contributed by atoms with E-state index in [1.54, 1.807) is 0 Å². The molecule has 0 amide bonds. The molecule has 0 N–H and O–H groups in total. The Bertz CT molecular complexity index is 454. The molecule has 0 saturated carbocycles. The molecule has 2 rings (SSSR count). The molecule has 0 fully saturated rings. The average Bonchev–Trinajstić information content (AvgIpc) is 2.27. The summed E-state index contributed by atoms with van der Waals surface area (Å²) in [5.74, 6) is 0. The minimum Gasteiger partial charge on any atom is -0.372 e. The van der Waals surface area contributed by atoms with E-state index in [0.717, 1.165) is 0 Å². The molecule has 77 valence electrons. The first kappa shape index (κ1) is 10.0. The Hall–Kier alpha value is -1.50. The van der Waals surface area contributed by atoms with Gasteiger partial charge >= 0.3 is 0 Å². The number of rotatable bonds is 2. The number of hydrogen-bond donors (Lipinski definition) is 0. The standard InChI is InChI=1S/C14H16N/c1-11(2)15(3)14-10-6-8-12-7-4-5-9-13(12)14/h4-6,8-11H,1-3H3. The third-order valence-electron chi connectivity index (χ3n) is 2.84. The fourth-order valence-corrected chi connectivity index (χ4v) is 1.72. The predicted octanol–water partition coefficient (Wildman–Crippen LogP) is 3.48. The Balaban J connectivity index is 2.60. The zero-order valence-corrected chi connectivity index (χ0v) is 9.49. The van der Waals surface area contributed by atoms with Crippen LogP contribution in [0.3, 0.4) is 0 Å². The van der Waals surface area contributed by atoms with Crippen LogP contribution in [0.1, 0.15) is 13.8 Å². The Kier molecular flexibility index (Phi) is 2.63. The van der Waals surface area contributed by atoms with Gasteiger partial charge in [-0.3, -0.25) is 0 Å². The fourth-order valence-electron chi connectivity index (χ4n) is 1.72. The van der Waals surface area contributed by atoms with Crippen molar-refractivity contribution in [1.82, 2.24) is 0 Å². The monoisotopic (exact) mass is 198 g/mol. The molecular weight excluding hydrogens is 182 g/mol. The third-order valence-corrected chi connectivity index (χ3v) is 2.84. The van der Waals surface area contributed by atoms with Gasteiger partial charge in [0.05, 0.1) is 0 Å². The highest BCUT2D eigenvalue weighted by atomic mass is 15.1. The van der Waals surface area contributed by atoms with Crippen molar-refractivity contribution in [3.8, 4) is 0 Å². The fraction of sp³-hybridized carbons (Fsp3) is 0.286. The zero-order chi connectivity index (χ0) is 10.8. The number of benzene rings is 2. The second kappa shape index (κ2) is 3.93. The van der Waals surface area contributed by atoms with Gasteiger partial charge in [-0.1, -0.05) is 30.3 Å². The Morgan fingerprint density at radius 2 is 1.93 bits per heavy atom. The highest BCUT2D eigenvalue weighted by Crippen LogP contribution is 2.26. The average molecular weight is 198 g/mol. The van der Waals surface area contributed by atoms with Crippen molar-refractivity contribution in [3.63, 3.8) is 0 Å². The first-order chi connectivity index (χ1) is 7.20. The van der Waals surface area contributed by atoms with Crippen molar-refractivity contribution >= 4 is 16.5 Å². The Morgan fingerprint density at radius 3 is 2.67 bits per heavy atom. The van der Waals surface area contributed by atoms with E-state index in [1.165, 1.54) is 16.5 Å². The molecule has 1 radical (unpaired) electrons. The number of fused-ring (bicyclic) bond motifs is 1. The van der Waals surface area contributed by atoms with Crippen molar-refractivity contribution in [2.24, 2.45) is 0 Å². The quantitative estimate of drug-likeness (QED) is 0.714. The second-order valence-corrected chi connectivity index (χ2v) is 4.11. The first-order valence-corrected chi connectivity index (χ1v) is 5.32. The van der Waals surface area contributed by atoms with Crippen LogP contribution < -0.4 is 4.90 Å². The van der Waals surface area contributed by atoms with E-state index in [1.807, 2.05) is 12.1 Å². The van der Waals surface area contributed by atoms with Crippen molar-refractivity contribution in [2.45, 2.75) is 19.9 Å². The smallest absolute Gasteiger partial charge is 0.0445 e. The summed E-state index contributed by atoms with van der Waals surface area (Å²) < 4.78 is 0. The molecular formula is C14H16N. The van der Waals surface area contributed by atoms with Gasteiger partial charge in [-0.05, 0) is 31.4 Å². The largest absolute Gasteiger partial charge is 0.372 e. The third kappa shape index (κ3) is 1.82. The van der Waals surface area contributed by atoms with Gasteiger partial charge < -0.3 is 4.90 Å². The van der Waals surface area contributed by atoms with Gasteiger partial charge in [0.1, 0.15) is 0 Å². The summed E-state index contributed by atoms with van der Waals surface area (Å²) in [7, 11) is 2.13. The molecule has 0 heterocycles. The number of nitrogens with zero attached hydrogens (tertiary/aromatic N) is 1. The van der Waals surface area contributed by atoms with Gasteiger partial charge in [0.2, 0.25) is 0 Å². The molecule has 0 bridgehead atoms. The first-order valence-electron chi connectivity index (χ1n) is 5.32. The number of anilines is 1. The molecule has 0 unspecified atom stereocenters.